The molecule has 0 saturated carbocycles. The van der Waals surface area contributed by atoms with E-state index in [0.29, 0.717) is 5.92 Å². The van der Waals surface area contributed by atoms with E-state index in [4.69, 9.17) is 11.6 Å². The van der Waals surface area contributed by atoms with Crippen LogP contribution in [-0.4, -0.2) is 5.37 Å². The first-order valence-corrected chi connectivity index (χ1v) is 4.54. The van der Waals surface area contributed by atoms with Gasteiger partial charge in [-0.3, -0.25) is 4.79 Å². The summed E-state index contributed by atoms with van der Waals surface area (Å²) in [6.45, 7) is 4.14. The molecule has 0 bridgehead atoms. The largest absolute Gasteiger partial charge is 0.318 e. The minimum absolute atomic E-state index is 0.375. The Bertz CT molecular complexity index is 310. The summed E-state index contributed by atoms with van der Waals surface area (Å²) in [5.74, 6) is 0.375. The van der Waals surface area contributed by atoms with Crippen molar-refractivity contribution < 1.29 is 4.79 Å². The highest BCUT2D eigenvalue weighted by Crippen LogP contribution is 2.23. The van der Waals surface area contributed by atoms with Crippen LogP contribution in [0.2, 0.25) is 0 Å². The Morgan fingerprint density at radius 3 is 2.54 bits per heavy atom. The molecule has 1 N–H and O–H groups in total. The van der Waals surface area contributed by atoms with E-state index in [1.807, 2.05) is 24.3 Å². The smallest absolute Gasteiger partial charge is 0.312 e. The summed E-state index contributed by atoms with van der Waals surface area (Å²) in [5.41, 5.74) is 1.88. The standard InChI is InChI=1S/C10H12ClNO/c1-7(2)8-5-3-4-6-9(8)12-10(11)13/h3-7H,1-2H3,(H,12,13). The van der Waals surface area contributed by atoms with Gasteiger partial charge in [0, 0.05) is 5.69 Å². The van der Waals surface area contributed by atoms with Gasteiger partial charge in [-0.05, 0) is 29.1 Å². The lowest BCUT2D eigenvalue weighted by Gasteiger charge is -2.11. The van der Waals surface area contributed by atoms with Crippen LogP contribution in [0.3, 0.4) is 0 Å². The van der Waals surface area contributed by atoms with Crippen molar-refractivity contribution in [2.45, 2.75) is 19.8 Å². The third kappa shape index (κ3) is 2.74. The molecule has 1 amide bonds. The zero-order chi connectivity index (χ0) is 9.84. The minimum atomic E-state index is -0.548. The topological polar surface area (TPSA) is 29.1 Å². The molecule has 1 aromatic carbocycles. The van der Waals surface area contributed by atoms with Crippen molar-refractivity contribution in [2.24, 2.45) is 0 Å². The fourth-order valence-electron chi connectivity index (χ4n) is 1.22. The number of rotatable bonds is 2. The molecule has 0 aromatic heterocycles. The summed E-state index contributed by atoms with van der Waals surface area (Å²) in [4.78, 5) is 10.6. The molecule has 1 rings (SSSR count). The van der Waals surface area contributed by atoms with E-state index in [1.165, 1.54) is 0 Å². The van der Waals surface area contributed by atoms with Crippen LogP contribution in [0.25, 0.3) is 0 Å². The third-order valence-corrected chi connectivity index (χ3v) is 1.91. The summed E-state index contributed by atoms with van der Waals surface area (Å²) in [7, 11) is 0. The van der Waals surface area contributed by atoms with E-state index in [2.05, 4.69) is 19.2 Å². The van der Waals surface area contributed by atoms with Crippen molar-refractivity contribution in [3.8, 4) is 0 Å². The quantitative estimate of drug-likeness (QED) is 0.570. The summed E-state index contributed by atoms with van der Waals surface area (Å²) in [6, 6.07) is 7.63. The number of hydrogen-bond donors (Lipinski definition) is 1. The Balaban J connectivity index is 2.97. The molecule has 0 aliphatic rings. The first-order valence-electron chi connectivity index (χ1n) is 4.16. The number of benzene rings is 1. The average Bonchev–Trinajstić information content (AvgIpc) is 2.03. The second-order valence-corrected chi connectivity index (χ2v) is 3.48. The maximum atomic E-state index is 10.6. The van der Waals surface area contributed by atoms with Crippen molar-refractivity contribution >= 4 is 22.7 Å². The Morgan fingerprint density at radius 2 is 2.00 bits per heavy atom. The fraction of sp³-hybridized carbons (Fsp3) is 0.300. The van der Waals surface area contributed by atoms with Gasteiger partial charge in [0.1, 0.15) is 0 Å². The van der Waals surface area contributed by atoms with Gasteiger partial charge in [0.05, 0.1) is 0 Å². The molecule has 1 aromatic rings. The molecular formula is C10H12ClNO. The monoisotopic (exact) mass is 197 g/mol. The van der Waals surface area contributed by atoms with Gasteiger partial charge in [-0.25, -0.2) is 0 Å². The van der Waals surface area contributed by atoms with E-state index >= 15 is 0 Å². The molecule has 13 heavy (non-hydrogen) atoms. The summed E-state index contributed by atoms with van der Waals surface area (Å²) >= 11 is 5.24. The third-order valence-electron chi connectivity index (χ3n) is 1.82. The Morgan fingerprint density at radius 1 is 1.38 bits per heavy atom. The van der Waals surface area contributed by atoms with E-state index in [0.717, 1.165) is 11.3 Å². The normalized spacial score (nSPS) is 10.2. The van der Waals surface area contributed by atoms with Gasteiger partial charge in [0.2, 0.25) is 0 Å². The van der Waals surface area contributed by atoms with Crippen molar-refractivity contribution in [1.29, 1.82) is 0 Å². The summed E-state index contributed by atoms with van der Waals surface area (Å²) < 4.78 is 0. The van der Waals surface area contributed by atoms with Gasteiger partial charge >= 0.3 is 5.37 Å². The second-order valence-electron chi connectivity index (χ2n) is 3.14. The molecule has 0 atom stereocenters. The number of nitrogens with one attached hydrogen (secondary N) is 1. The second kappa shape index (κ2) is 4.28. The number of carbonyl (C=O) groups excluding carboxylic acids is 1. The zero-order valence-electron chi connectivity index (χ0n) is 7.67. The van der Waals surface area contributed by atoms with Crippen LogP contribution in [0.15, 0.2) is 24.3 Å². The van der Waals surface area contributed by atoms with Gasteiger partial charge in [0.15, 0.2) is 0 Å². The van der Waals surface area contributed by atoms with Gasteiger partial charge in [0.25, 0.3) is 0 Å². The molecule has 3 heteroatoms. The molecule has 0 radical (unpaired) electrons. The van der Waals surface area contributed by atoms with Gasteiger partial charge in [-0.2, -0.15) is 0 Å². The van der Waals surface area contributed by atoms with E-state index in [9.17, 15) is 4.79 Å². The average molecular weight is 198 g/mol. The highest BCUT2D eigenvalue weighted by molar-refractivity contribution is 6.65. The molecule has 0 fully saturated rings. The summed E-state index contributed by atoms with van der Waals surface area (Å²) in [5, 5.41) is 2.03. The first-order chi connectivity index (χ1) is 6.11. The lowest BCUT2D eigenvalue weighted by Crippen LogP contribution is -2.04. The number of anilines is 1. The number of hydrogen-bond acceptors (Lipinski definition) is 1. The van der Waals surface area contributed by atoms with Crippen LogP contribution >= 0.6 is 11.6 Å². The highest BCUT2D eigenvalue weighted by atomic mass is 35.5. The molecule has 0 spiro atoms. The number of para-hydroxylation sites is 1. The van der Waals surface area contributed by atoms with E-state index < -0.39 is 5.37 Å². The fourth-order valence-corrected chi connectivity index (χ4v) is 1.32. The van der Waals surface area contributed by atoms with Crippen molar-refractivity contribution in [1.82, 2.24) is 0 Å². The van der Waals surface area contributed by atoms with Crippen molar-refractivity contribution in [3.05, 3.63) is 29.8 Å². The first kappa shape index (κ1) is 10.1. The molecule has 0 aliphatic heterocycles. The van der Waals surface area contributed by atoms with Gasteiger partial charge in [-0.1, -0.05) is 32.0 Å². The summed E-state index contributed by atoms with van der Waals surface area (Å²) in [6.07, 6.45) is 0. The Kier molecular flexibility index (Phi) is 3.32. The van der Waals surface area contributed by atoms with Gasteiger partial charge in [-0.15, -0.1) is 0 Å². The van der Waals surface area contributed by atoms with Crippen molar-refractivity contribution in [3.63, 3.8) is 0 Å². The predicted octanol–water partition coefficient (Wildman–Crippen LogP) is 3.58. The SMILES string of the molecule is CC(C)c1ccccc1NC(=O)Cl. The molecule has 0 unspecified atom stereocenters. The van der Waals surface area contributed by atoms with Crippen molar-refractivity contribution in [2.75, 3.05) is 5.32 Å². The van der Waals surface area contributed by atoms with Crippen LogP contribution < -0.4 is 5.32 Å². The molecule has 0 aliphatic carbocycles. The number of amides is 1. The van der Waals surface area contributed by atoms with E-state index in [1.54, 1.807) is 0 Å². The van der Waals surface area contributed by atoms with Crippen LogP contribution in [0.5, 0.6) is 0 Å². The maximum Gasteiger partial charge on any atom is 0.318 e. The van der Waals surface area contributed by atoms with Crippen LogP contribution in [0.1, 0.15) is 25.3 Å². The maximum absolute atomic E-state index is 10.6. The van der Waals surface area contributed by atoms with Crippen LogP contribution in [0, 0.1) is 0 Å². The predicted molar refractivity (Wildman–Crippen MR) is 55.4 cm³/mol. The molecule has 2 nitrogen and oxygen atoms in total. The van der Waals surface area contributed by atoms with Crippen LogP contribution in [-0.2, 0) is 0 Å². The van der Waals surface area contributed by atoms with Gasteiger partial charge < -0.3 is 5.32 Å². The number of halogens is 1. The number of carbonyl (C=O) groups is 1. The lowest BCUT2D eigenvalue weighted by molar-refractivity contribution is 0.269. The minimum Gasteiger partial charge on any atom is -0.312 e. The lowest BCUT2D eigenvalue weighted by atomic mass is 10.0. The zero-order valence-corrected chi connectivity index (χ0v) is 8.43. The molecule has 0 heterocycles. The van der Waals surface area contributed by atoms with E-state index in [-0.39, 0.29) is 0 Å². The molecular weight excluding hydrogens is 186 g/mol. The Hall–Kier alpha value is -1.02. The molecule has 0 saturated heterocycles. The highest BCUT2D eigenvalue weighted by Gasteiger charge is 2.06. The molecule has 70 valence electrons. The van der Waals surface area contributed by atoms with Crippen LogP contribution in [0.4, 0.5) is 10.5 Å². The Labute approximate surface area is 82.9 Å².